The van der Waals surface area contributed by atoms with Gasteiger partial charge in [0.05, 0.1) is 10.7 Å². The monoisotopic (exact) mass is 456 g/mol. The second-order valence-electron chi connectivity index (χ2n) is 8.48. The number of carbonyl (C=O) groups is 1. The van der Waals surface area contributed by atoms with Crippen molar-refractivity contribution in [1.29, 1.82) is 0 Å². The number of phenolic OH excluding ortho intramolecular Hbond substituents is 1. The van der Waals surface area contributed by atoms with Gasteiger partial charge in [-0.25, -0.2) is 0 Å². The van der Waals surface area contributed by atoms with Gasteiger partial charge in [0, 0.05) is 5.56 Å². The van der Waals surface area contributed by atoms with Gasteiger partial charge in [0.25, 0.3) is 5.91 Å². The summed E-state index contributed by atoms with van der Waals surface area (Å²) in [5.74, 6) is 0.0870. The SMILES string of the molecule is Cc1ccc(-c2ccc(C(=O)NC(=S)Nc3cc(C(C)(C)C)cc(Cl)c3O)o2)cc1C. The third kappa shape index (κ3) is 5.27. The summed E-state index contributed by atoms with van der Waals surface area (Å²) in [5.41, 5.74) is 4.26. The lowest BCUT2D eigenvalue weighted by Gasteiger charge is -2.21. The Morgan fingerprint density at radius 1 is 1.06 bits per heavy atom. The quantitative estimate of drug-likeness (QED) is 0.316. The molecule has 1 heterocycles. The molecule has 0 unspecified atom stereocenters. The van der Waals surface area contributed by atoms with Crippen molar-refractivity contribution < 1.29 is 14.3 Å². The maximum Gasteiger partial charge on any atom is 0.293 e. The molecule has 0 fully saturated rings. The largest absolute Gasteiger partial charge is 0.504 e. The number of thiocarbonyl (C=S) groups is 1. The minimum Gasteiger partial charge on any atom is -0.504 e. The van der Waals surface area contributed by atoms with Crippen LogP contribution in [0, 0.1) is 13.8 Å². The molecular formula is C24H25ClN2O3S. The van der Waals surface area contributed by atoms with Crippen LogP contribution in [0.1, 0.15) is 48.0 Å². The summed E-state index contributed by atoms with van der Waals surface area (Å²) in [7, 11) is 0. The Kier molecular flexibility index (Phi) is 6.43. The molecule has 7 heteroatoms. The van der Waals surface area contributed by atoms with E-state index in [9.17, 15) is 9.90 Å². The van der Waals surface area contributed by atoms with Crippen LogP contribution in [0.3, 0.4) is 0 Å². The van der Waals surface area contributed by atoms with Crippen LogP contribution in [-0.2, 0) is 5.41 Å². The van der Waals surface area contributed by atoms with Crippen LogP contribution in [-0.4, -0.2) is 16.1 Å². The van der Waals surface area contributed by atoms with Gasteiger partial charge in [-0.3, -0.25) is 10.1 Å². The number of rotatable bonds is 3. The third-order valence-corrected chi connectivity index (χ3v) is 5.52. The van der Waals surface area contributed by atoms with E-state index in [0.717, 1.165) is 16.7 Å². The Bertz CT molecular complexity index is 1160. The highest BCUT2D eigenvalue weighted by Crippen LogP contribution is 2.37. The summed E-state index contributed by atoms with van der Waals surface area (Å²) >= 11 is 11.4. The Hall–Kier alpha value is -2.83. The smallest absolute Gasteiger partial charge is 0.293 e. The molecule has 0 aliphatic carbocycles. The number of amides is 1. The first-order valence-electron chi connectivity index (χ1n) is 9.78. The minimum atomic E-state index is -0.495. The van der Waals surface area contributed by atoms with E-state index in [0.29, 0.717) is 11.4 Å². The predicted octanol–water partition coefficient (Wildman–Crippen LogP) is 6.35. The van der Waals surface area contributed by atoms with E-state index in [1.54, 1.807) is 24.3 Å². The van der Waals surface area contributed by atoms with Crippen LogP contribution in [0.25, 0.3) is 11.3 Å². The molecule has 3 aromatic rings. The van der Waals surface area contributed by atoms with Gasteiger partial charge in [0.1, 0.15) is 5.76 Å². The van der Waals surface area contributed by atoms with E-state index in [4.69, 9.17) is 28.2 Å². The Balaban J connectivity index is 1.73. The van der Waals surface area contributed by atoms with Crippen molar-refractivity contribution in [3.05, 3.63) is 69.9 Å². The third-order valence-electron chi connectivity index (χ3n) is 5.03. The van der Waals surface area contributed by atoms with Gasteiger partial charge in [-0.1, -0.05) is 44.5 Å². The van der Waals surface area contributed by atoms with Crippen molar-refractivity contribution in [2.24, 2.45) is 0 Å². The first-order chi connectivity index (χ1) is 14.5. The normalized spacial score (nSPS) is 11.3. The molecule has 0 aliphatic rings. The predicted molar refractivity (Wildman–Crippen MR) is 129 cm³/mol. The number of halogens is 1. The zero-order valence-electron chi connectivity index (χ0n) is 18.1. The molecule has 3 N–H and O–H groups in total. The molecule has 0 spiro atoms. The number of anilines is 1. The first kappa shape index (κ1) is 22.8. The fourth-order valence-electron chi connectivity index (χ4n) is 2.96. The summed E-state index contributed by atoms with van der Waals surface area (Å²) < 4.78 is 5.71. The number of hydrogen-bond donors (Lipinski definition) is 3. The molecular weight excluding hydrogens is 432 g/mol. The maximum absolute atomic E-state index is 12.6. The molecule has 0 saturated heterocycles. The van der Waals surface area contributed by atoms with Gasteiger partial charge >= 0.3 is 0 Å². The first-order valence-corrected chi connectivity index (χ1v) is 10.6. The topological polar surface area (TPSA) is 74.5 Å². The summed E-state index contributed by atoms with van der Waals surface area (Å²) in [6.07, 6.45) is 0. The molecule has 1 amide bonds. The van der Waals surface area contributed by atoms with Crippen molar-refractivity contribution in [2.75, 3.05) is 5.32 Å². The highest BCUT2D eigenvalue weighted by Gasteiger charge is 2.20. The Labute approximate surface area is 192 Å². The van der Waals surface area contributed by atoms with Gasteiger partial charge in [-0.15, -0.1) is 0 Å². The van der Waals surface area contributed by atoms with Crippen molar-refractivity contribution in [3.63, 3.8) is 0 Å². The second kappa shape index (κ2) is 8.73. The molecule has 0 radical (unpaired) electrons. The highest BCUT2D eigenvalue weighted by atomic mass is 35.5. The maximum atomic E-state index is 12.6. The standard InChI is InChI=1S/C24H25ClN2O3S/c1-13-6-7-15(10-14(13)2)19-8-9-20(30-19)22(29)27-23(31)26-18-12-16(24(3,4)5)11-17(25)21(18)28/h6-12,28H,1-5H3,(H2,26,27,29,31). The number of hydrogen-bond acceptors (Lipinski definition) is 4. The average molecular weight is 457 g/mol. The summed E-state index contributed by atoms with van der Waals surface area (Å²) in [5, 5.41) is 15.9. The lowest BCUT2D eigenvalue weighted by atomic mass is 9.87. The molecule has 3 rings (SSSR count). The van der Waals surface area contributed by atoms with Crippen LogP contribution < -0.4 is 10.6 Å². The van der Waals surface area contributed by atoms with Crippen LogP contribution in [0.15, 0.2) is 46.9 Å². The number of aryl methyl sites for hydroxylation is 2. The molecule has 0 aliphatic heterocycles. The lowest BCUT2D eigenvalue weighted by Crippen LogP contribution is -2.34. The van der Waals surface area contributed by atoms with Crippen LogP contribution in [0.5, 0.6) is 5.75 Å². The zero-order valence-corrected chi connectivity index (χ0v) is 19.7. The summed E-state index contributed by atoms with van der Waals surface area (Å²) in [4.78, 5) is 12.6. The fraction of sp³-hybridized carbons (Fsp3) is 0.250. The molecule has 0 saturated carbocycles. The van der Waals surface area contributed by atoms with Crippen molar-refractivity contribution >= 4 is 40.5 Å². The molecule has 0 atom stereocenters. The molecule has 162 valence electrons. The van der Waals surface area contributed by atoms with Gasteiger partial charge in [0.15, 0.2) is 16.6 Å². The van der Waals surface area contributed by atoms with Gasteiger partial charge in [0.2, 0.25) is 0 Å². The number of carbonyl (C=O) groups excluding carboxylic acids is 1. The molecule has 1 aromatic heterocycles. The van der Waals surface area contributed by atoms with E-state index < -0.39 is 5.91 Å². The molecule has 31 heavy (non-hydrogen) atoms. The number of phenols is 1. The molecule has 2 aromatic carbocycles. The zero-order chi connectivity index (χ0) is 22.9. The van der Waals surface area contributed by atoms with Crippen molar-refractivity contribution in [2.45, 2.75) is 40.0 Å². The van der Waals surface area contributed by atoms with Crippen molar-refractivity contribution in [3.8, 4) is 17.1 Å². The Morgan fingerprint density at radius 2 is 1.77 bits per heavy atom. The molecule has 5 nitrogen and oxygen atoms in total. The van der Waals surface area contributed by atoms with E-state index in [1.165, 1.54) is 5.56 Å². The molecule has 0 bridgehead atoms. The minimum absolute atomic E-state index is 0.0200. The van der Waals surface area contributed by atoms with E-state index >= 15 is 0 Å². The van der Waals surface area contributed by atoms with Crippen LogP contribution in [0.2, 0.25) is 5.02 Å². The van der Waals surface area contributed by atoms with E-state index in [-0.39, 0.29) is 27.1 Å². The van der Waals surface area contributed by atoms with Crippen molar-refractivity contribution in [1.82, 2.24) is 5.32 Å². The number of benzene rings is 2. The van der Waals surface area contributed by atoms with Crippen LogP contribution >= 0.6 is 23.8 Å². The van der Waals surface area contributed by atoms with Gasteiger partial charge in [-0.2, -0.15) is 0 Å². The van der Waals surface area contributed by atoms with E-state index in [1.807, 2.05) is 52.8 Å². The fourth-order valence-corrected chi connectivity index (χ4v) is 3.38. The van der Waals surface area contributed by atoms with Gasteiger partial charge < -0.3 is 14.8 Å². The lowest BCUT2D eigenvalue weighted by molar-refractivity contribution is 0.0951. The number of aromatic hydroxyl groups is 1. The summed E-state index contributed by atoms with van der Waals surface area (Å²) in [6, 6.07) is 12.8. The Morgan fingerprint density at radius 3 is 2.42 bits per heavy atom. The highest BCUT2D eigenvalue weighted by molar-refractivity contribution is 7.80. The van der Waals surface area contributed by atoms with E-state index in [2.05, 4.69) is 10.6 Å². The number of nitrogens with one attached hydrogen (secondary N) is 2. The van der Waals surface area contributed by atoms with Gasteiger partial charge in [-0.05, 0) is 78.5 Å². The summed E-state index contributed by atoms with van der Waals surface area (Å²) in [6.45, 7) is 10.2. The number of furan rings is 1. The van der Waals surface area contributed by atoms with Crippen LogP contribution in [0.4, 0.5) is 5.69 Å². The second-order valence-corrected chi connectivity index (χ2v) is 9.29. The average Bonchev–Trinajstić information content (AvgIpc) is 3.17.